The van der Waals surface area contributed by atoms with Crippen LogP contribution in [0.3, 0.4) is 0 Å². The molecule has 0 unspecified atom stereocenters. The molecule has 2 nitrogen and oxygen atoms in total. The Hall–Kier alpha value is -0.0800. The zero-order valence-electron chi connectivity index (χ0n) is 7.60. The van der Waals surface area contributed by atoms with Gasteiger partial charge in [0.05, 0.1) is 0 Å². The molecule has 0 spiro atoms. The zero-order valence-corrected chi connectivity index (χ0v) is 7.60. The van der Waals surface area contributed by atoms with Crippen molar-refractivity contribution in [2.45, 2.75) is 32.1 Å². The van der Waals surface area contributed by atoms with E-state index < -0.39 is 0 Å². The average molecular weight is 156 g/mol. The van der Waals surface area contributed by atoms with Crippen molar-refractivity contribution in [2.24, 2.45) is 0 Å². The molecule has 0 bridgehead atoms. The molecular formula is C9H20N2. The summed E-state index contributed by atoms with van der Waals surface area (Å²) < 4.78 is 0. The van der Waals surface area contributed by atoms with Crippen LogP contribution in [0.1, 0.15) is 32.1 Å². The monoisotopic (exact) mass is 156 g/mol. The summed E-state index contributed by atoms with van der Waals surface area (Å²) in [6, 6.07) is 0. The third-order valence-corrected chi connectivity index (χ3v) is 2.28. The summed E-state index contributed by atoms with van der Waals surface area (Å²) in [4.78, 5) is 2.37. The van der Waals surface area contributed by atoms with E-state index in [1.54, 1.807) is 0 Å². The average Bonchev–Trinajstić information content (AvgIpc) is 2.03. The van der Waals surface area contributed by atoms with Gasteiger partial charge in [-0.2, -0.15) is 0 Å². The minimum atomic E-state index is 1.07. The summed E-state index contributed by atoms with van der Waals surface area (Å²) in [6.45, 7) is 3.53. The van der Waals surface area contributed by atoms with Crippen LogP contribution in [0.25, 0.3) is 0 Å². The maximum absolute atomic E-state index is 3.43. The maximum Gasteiger partial charge on any atom is 0.0477 e. The van der Waals surface area contributed by atoms with E-state index in [1.165, 1.54) is 45.2 Å². The van der Waals surface area contributed by atoms with Crippen molar-refractivity contribution >= 4 is 0 Å². The molecule has 2 heteroatoms. The molecule has 0 aromatic carbocycles. The van der Waals surface area contributed by atoms with E-state index in [0.717, 1.165) is 6.67 Å². The first kappa shape index (κ1) is 9.01. The van der Waals surface area contributed by atoms with Gasteiger partial charge in [0.2, 0.25) is 0 Å². The lowest BCUT2D eigenvalue weighted by Crippen LogP contribution is -2.32. The molecule has 1 fully saturated rings. The Morgan fingerprint density at radius 3 is 2.64 bits per heavy atom. The molecule has 0 aromatic rings. The van der Waals surface area contributed by atoms with Crippen molar-refractivity contribution in [1.82, 2.24) is 10.2 Å². The van der Waals surface area contributed by atoms with Crippen molar-refractivity contribution in [3.05, 3.63) is 0 Å². The maximum atomic E-state index is 3.43. The third kappa shape index (κ3) is 4.38. The first-order valence-corrected chi connectivity index (χ1v) is 4.79. The van der Waals surface area contributed by atoms with Crippen LogP contribution in [0.5, 0.6) is 0 Å². The van der Waals surface area contributed by atoms with Gasteiger partial charge in [0.15, 0.2) is 0 Å². The van der Waals surface area contributed by atoms with E-state index >= 15 is 0 Å². The van der Waals surface area contributed by atoms with Gasteiger partial charge in [0.1, 0.15) is 0 Å². The van der Waals surface area contributed by atoms with Crippen LogP contribution in [-0.4, -0.2) is 31.7 Å². The third-order valence-electron chi connectivity index (χ3n) is 2.28. The molecule has 66 valence electrons. The summed E-state index contributed by atoms with van der Waals surface area (Å²) in [5.41, 5.74) is 0. The normalized spacial score (nSPS) is 24.8. The summed E-state index contributed by atoms with van der Waals surface area (Å²) in [6.07, 6.45) is 6.99. The number of nitrogens with zero attached hydrogens (tertiary/aromatic N) is 1. The van der Waals surface area contributed by atoms with E-state index in [2.05, 4.69) is 17.3 Å². The van der Waals surface area contributed by atoms with E-state index in [1.807, 2.05) is 0 Å². The minimum absolute atomic E-state index is 1.07. The van der Waals surface area contributed by atoms with Crippen LogP contribution in [-0.2, 0) is 0 Å². The van der Waals surface area contributed by atoms with Crippen LogP contribution < -0.4 is 5.32 Å². The summed E-state index contributed by atoms with van der Waals surface area (Å²) in [5, 5.41) is 3.43. The smallest absolute Gasteiger partial charge is 0.0477 e. The predicted octanol–water partition coefficient (Wildman–Crippen LogP) is 1.43. The highest BCUT2D eigenvalue weighted by Gasteiger charge is 1.99. The Morgan fingerprint density at radius 2 is 1.73 bits per heavy atom. The van der Waals surface area contributed by atoms with Crippen molar-refractivity contribution in [3.63, 3.8) is 0 Å². The highest BCUT2D eigenvalue weighted by atomic mass is 15.2. The van der Waals surface area contributed by atoms with Gasteiger partial charge >= 0.3 is 0 Å². The van der Waals surface area contributed by atoms with Gasteiger partial charge in [-0.25, -0.2) is 0 Å². The highest BCUT2D eigenvalue weighted by Crippen LogP contribution is 2.04. The number of rotatable bonds is 0. The van der Waals surface area contributed by atoms with E-state index in [9.17, 15) is 0 Å². The Bertz CT molecular complexity index is 83.6. The zero-order chi connectivity index (χ0) is 7.94. The fourth-order valence-corrected chi connectivity index (χ4v) is 1.51. The summed E-state index contributed by atoms with van der Waals surface area (Å²) >= 11 is 0. The van der Waals surface area contributed by atoms with Gasteiger partial charge in [-0.15, -0.1) is 0 Å². The Kier molecular flexibility index (Phi) is 4.55. The van der Waals surface area contributed by atoms with E-state index in [4.69, 9.17) is 0 Å². The van der Waals surface area contributed by atoms with Crippen LogP contribution in [0.15, 0.2) is 0 Å². The molecule has 0 aromatic heterocycles. The van der Waals surface area contributed by atoms with Gasteiger partial charge in [0.25, 0.3) is 0 Å². The molecule has 1 aliphatic rings. The molecule has 0 radical (unpaired) electrons. The molecule has 1 saturated heterocycles. The molecule has 1 heterocycles. The fraction of sp³-hybridized carbons (Fsp3) is 1.00. The van der Waals surface area contributed by atoms with E-state index in [-0.39, 0.29) is 0 Å². The second kappa shape index (κ2) is 5.56. The highest BCUT2D eigenvalue weighted by molar-refractivity contribution is 4.55. The molecule has 0 atom stereocenters. The summed E-state index contributed by atoms with van der Waals surface area (Å²) in [7, 11) is 2.19. The van der Waals surface area contributed by atoms with Crippen molar-refractivity contribution in [2.75, 3.05) is 26.8 Å². The van der Waals surface area contributed by atoms with Crippen molar-refractivity contribution in [3.8, 4) is 0 Å². The van der Waals surface area contributed by atoms with Crippen LogP contribution in [0, 0.1) is 0 Å². The number of hydrogen-bond acceptors (Lipinski definition) is 2. The number of nitrogens with one attached hydrogen (secondary N) is 1. The fourth-order valence-electron chi connectivity index (χ4n) is 1.51. The topological polar surface area (TPSA) is 15.3 Å². The van der Waals surface area contributed by atoms with Gasteiger partial charge in [0, 0.05) is 6.67 Å². The van der Waals surface area contributed by atoms with Gasteiger partial charge in [-0.1, -0.05) is 19.3 Å². The first-order valence-electron chi connectivity index (χ1n) is 4.79. The van der Waals surface area contributed by atoms with Crippen molar-refractivity contribution < 1.29 is 0 Å². The standard InChI is InChI=1S/C9H20N2/c1-11-8-6-4-2-3-5-7-10-9-11/h10H,2-9H2,1H3. The molecule has 0 aliphatic carbocycles. The molecule has 0 saturated carbocycles. The lowest BCUT2D eigenvalue weighted by atomic mass is 10.1. The second-order valence-corrected chi connectivity index (χ2v) is 3.51. The SMILES string of the molecule is CN1CCCCCCCNC1. The Balaban J connectivity index is 2.12. The lowest BCUT2D eigenvalue weighted by molar-refractivity contribution is 0.290. The lowest BCUT2D eigenvalue weighted by Gasteiger charge is -2.18. The van der Waals surface area contributed by atoms with Gasteiger partial charge in [-0.05, 0) is 33.0 Å². The van der Waals surface area contributed by atoms with Gasteiger partial charge in [-0.3, -0.25) is 4.90 Å². The molecular weight excluding hydrogens is 136 g/mol. The molecule has 1 N–H and O–H groups in total. The Labute approximate surface area is 70.0 Å². The summed E-state index contributed by atoms with van der Waals surface area (Å²) in [5.74, 6) is 0. The second-order valence-electron chi connectivity index (χ2n) is 3.51. The largest absolute Gasteiger partial charge is 0.304 e. The van der Waals surface area contributed by atoms with Crippen LogP contribution in [0.4, 0.5) is 0 Å². The Morgan fingerprint density at radius 1 is 1.00 bits per heavy atom. The molecule has 1 rings (SSSR count). The van der Waals surface area contributed by atoms with Crippen LogP contribution in [0.2, 0.25) is 0 Å². The van der Waals surface area contributed by atoms with Crippen LogP contribution >= 0.6 is 0 Å². The first-order chi connectivity index (χ1) is 5.39. The van der Waals surface area contributed by atoms with E-state index in [0.29, 0.717) is 0 Å². The molecule has 1 aliphatic heterocycles. The number of hydrogen-bond donors (Lipinski definition) is 1. The quantitative estimate of drug-likeness (QED) is 0.571. The van der Waals surface area contributed by atoms with Gasteiger partial charge < -0.3 is 5.32 Å². The predicted molar refractivity (Wildman–Crippen MR) is 48.6 cm³/mol. The molecule has 0 amide bonds. The minimum Gasteiger partial charge on any atom is -0.304 e. The van der Waals surface area contributed by atoms with Crippen molar-refractivity contribution in [1.29, 1.82) is 0 Å². The molecule has 11 heavy (non-hydrogen) atoms.